The van der Waals surface area contributed by atoms with Crippen molar-refractivity contribution in [1.29, 1.82) is 0 Å². The number of rotatable bonds is 3. The van der Waals surface area contributed by atoms with Crippen molar-refractivity contribution in [3.8, 4) is 0 Å². The van der Waals surface area contributed by atoms with E-state index in [1.165, 1.54) is 11.6 Å². The zero-order valence-electron chi connectivity index (χ0n) is 13.1. The predicted molar refractivity (Wildman–Crippen MR) is 83.1 cm³/mol. The molecule has 7 heteroatoms. The van der Waals surface area contributed by atoms with Crippen LogP contribution in [0.4, 0.5) is 0 Å². The minimum absolute atomic E-state index is 0. The second-order valence-corrected chi connectivity index (χ2v) is 4.50. The average Bonchev–Trinajstić information content (AvgIpc) is 3.00. The average molecular weight is 421 g/mol. The van der Waals surface area contributed by atoms with E-state index in [0.29, 0.717) is 0 Å². The third-order valence-electron chi connectivity index (χ3n) is 2.49. The molecule has 0 spiro atoms. The maximum Gasteiger partial charge on any atom is 0.243 e. The molecule has 0 atom stereocenters. The van der Waals surface area contributed by atoms with Gasteiger partial charge in [-0.1, -0.05) is 19.1 Å². The summed E-state index contributed by atoms with van der Waals surface area (Å²) in [5.41, 5.74) is 0. The van der Waals surface area contributed by atoms with Crippen LogP contribution >= 0.6 is 12.2 Å². The van der Waals surface area contributed by atoms with Gasteiger partial charge < -0.3 is 29.4 Å². The number of thiocarbonyl (C=S) groups is 1. The summed E-state index contributed by atoms with van der Waals surface area (Å²) in [5.74, 6) is 0. The minimum Gasteiger partial charge on any atom is -1.00 e. The van der Waals surface area contributed by atoms with Crippen LogP contribution < -0.4 is 33.1 Å². The number of halogens is 1. The topological polar surface area (TPSA) is 39.9 Å². The monoisotopic (exact) mass is 421 g/mol. The van der Waals surface area contributed by atoms with Crippen LogP contribution in [0, 0.1) is 0 Å². The highest BCUT2D eigenvalue weighted by Gasteiger charge is 1.95. The summed E-state index contributed by atoms with van der Waals surface area (Å²) in [6.07, 6.45) is 13.6. The molecule has 5 nitrogen and oxygen atoms in total. The van der Waals surface area contributed by atoms with Crippen molar-refractivity contribution >= 4 is 17.4 Å². The molecule has 21 heavy (non-hydrogen) atoms. The van der Waals surface area contributed by atoms with Crippen molar-refractivity contribution in [2.24, 2.45) is 14.1 Å². The van der Waals surface area contributed by atoms with E-state index in [2.05, 4.69) is 71.0 Å². The van der Waals surface area contributed by atoms with Crippen molar-refractivity contribution < 1.29 is 33.1 Å². The fourth-order valence-electron chi connectivity index (χ4n) is 1.58. The largest absolute Gasteiger partial charge is 1.00 e. The molecular weight excluding hydrogens is 397 g/mol. The van der Waals surface area contributed by atoms with Crippen molar-refractivity contribution in [3.63, 3.8) is 0 Å². The van der Waals surface area contributed by atoms with E-state index in [1.807, 2.05) is 24.9 Å². The number of imidazole rings is 2. The van der Waals surface area contributed by atoms with Gasteiger partial charge in [0.25, 0.3) is 0 Å². The fourth-order valence-corrected chi connectivity index (χ4v) is 1.58. The highest BCUT2D eigenvalue weighted by molar-refractivity contribution is 7.78. The summed E-state index contributed by atoms with van der Waals surface area (Å²) in [4.78, 5) is 0. The molecule has 0 saturated carbocycles. The standard InChI is InChI=1S/C7H13N2.C6H11N2.CNS.HI/c1-3-4-9-6-5-8(2)7-9;1-3-8-5-4-7(2)6-8;2-1-3;/h5-7H,3-4H2,1-2H3;4-6H,3H2,1-2H3;;1H/q2*+1;-1;/p-1. The summed E-state index contributed by atoms with van der Waals surface area (Å²) in [5, 5.41) is 8.47. The number of nitrogens with zero attached hydrogens (tertiary/aromatic N) is 5. The minimum atomic E-state index is 0. The SMILES string of the molecule is CCCn1cc[n+](C)c1.CCn1cc[n+](C)c1.[I-].[N-]=C=S. The summed E-state index contributed by atoms with van der Waals surface area (Å²) in [6.45, 7) is 6.49. The molecule has 118 valence electrons. The molecule has 0 amide bonds. The van der Waals surface area contributed by atoms with Gasteiger partial charge in [-0.3, -0.25) is 0 Å². The van der Waals surface area contributed by atoms with E-state index in [-0.39, 0.29) is 24.0 Å². The van der Waals surface area contributed by atoms with Gasteiger partial charge in [0.05, 0.1) is 27.2 Å². The lowest BCUT2D eigenvalue weighted by molar-refractivity contribution is -0.671. The van der Waals surface area contributed by atoms with Gasteiger partial charge in [0, 0.05) is 0 Å². The highest BCUT2D eigenvalue weighted by Crippen LogP contribution is 1.85. The zero-order valence-corrected chi connectivity index (χ0v) is 16.1. The van der Waals surface area contributed by atoms with Crippen LogP contribution in [0.5, 0.6) is 0 Å². The van der Waals surface area contributed by atoms with E-state index in [9.17, 15) is 0 Å². The molecule has 0 aliphatic carbocycles. The first kappa shape index (κ1) is 22.2. The van der Waals surface area contributed by atoms with Crippen LogP contribution in [0.3, 0.4) is 0 Å². The molecule has 2 aromatic rings. The Kier molecular flexibility index (Phi) is 14.7. The third kappa shape index (κ3) is 11.3. The zero-order chi connectivity index (χ0) is 15.4. The predicted octanol–water partition coefficient (Wildman–Crippen LogP) is -1.28. The third-order valence-corrected chi connectivity index (χ3v) is 2.49. The molecule has 0 aliphatic heterocycles. The van der Waals surface area contributed by atoms with Gasteiger partial charge in [0.1, 0.15) is 24.8 Å². The molecule has 0 unspecified atom stereocenters. The number of hydrogen-bond acceptors (Lipinski definition) is 1. The molecule has 0 N–H and O–H groups in total. The summed E-state index contributed by atoms with van der Waals surface area (Å²) >= 11 is 3.70. The summed E-state index contributed by atoms with van der Waals surface area (Å²) in [6, 6.07) is 0. The van der Waals surface area contributed by atoms with Gasteiger partial charge in [-0.05, 0) is 13.3 Å². The van der Waals surface area contributed by atoms with E-state index in [4.69, 9.17) is 5.41 Å². The summed E-state index contributed by atoms with van der Waals surface area (Å²) in [7, 11) is 4.05. The van der Waals surface area contributed by atoms with Gasteiger partial charge in [0.15, 0.2) is 0 Å². The quantitative estimate of drug-likeness (QED) is 0.264. The normalized spacial score (nSPS) is 8.38. The van der Waals surface area contributed by atoms with Crippen LogP contribution in [0.2, 0.25) is 0 Å². The molecule has 2 rings (SSSR count). The Morgan fingerprint density at radius 2 is 1.48 bits per heavy atom. The highest BCUT2D eigenvalue weighted by atomic mass is 127. The smallest absolute Gasteiger partial charge is 0.243 e. The second-order valence-electron chi connectivity index (χ2n) is 4.32. The van der Waals surface area contributed by atoms with Gasteiger partial charge >= 0.3 is 0 Å². The Balaban J connectivity index is 0. The van der Waals surface area contributed by atoms with Gasteiger partial charge in [-0.15, -0.1) is 0 Å². The second kappa shape index (κ2) is 13.9. The van der Waals surface area contributed by atoms with E-state index < -0.39 is 0 Å². The molecule has 0 aliphatic rings. The Hall–Kier alpha value is -1.05. The molecule has 0 aromatic carbocycles. The number of aryl methyl sites for hydroxylation is 4. The Labute approximate surface area is 149 Å². The van der Waals surface area contributed by atoms with Crippen LogP contribution in [-0.4, -0.2) is 14.3 Å². The first-order valence-corrected chi connectivity index (χ1v) is 7.01. The van der Waals surface area contributed by atoms with Crippen molar-refractivity contribution in [2.75, 3.05) is 0 Å². The Bertz CT molecular complexity index is 515. The first-order chi connectivity index (χ1) is 9.57. The van der Waals surface area contributed by atoms with Crippen LogP contribution in [0.25, 0.3) is 5.41 Å². The molecule has 0 bridgehead atoms. The van der Waals surface area contributed by atoms with Crippen LogP contribution in [0.1, 0.15) is 20.3 Å². The van der Waals surface area contributed by atoms with Gasteiger partial charge in [0.2, 0.25) is 12.7 Å². The van der Waals surface area contributed by atoms with Gasteiger partial charge in [-0.25, -0.2) is 18.3 Å². The Morgan fingerprint density at radius 1 is 1.05 bits per heavy atom. The molecular formula is C14H24IN5S. The van der Waals surface area contributed by atoms with E-state index >= 15 is 0 Å². The molecule has 0 radical (unpaired) electrons. The molecule has 2 heterocycles. The van der Waals surface area contributed by atoms with Crippen molar-refractivity contribution in [1.82, 2.24) is 9.13 Å². The molecule has 0 fully saturated rings. The molecule has 2 aromatic heterocycles. The number of aromatic nitrogens is 4. The fraction of sp³-hybridized carbons (Fsp3) is 0.500. The Morgan fingerprint density at radius 3 is 1.71 bits per heavy atom. The lowest BCUT2D eigenvalue weighted by Gasteiger charge is -1.86. The lowest BCUT2D eigenvalue weighted by Crippen LogP contribution is -3.00. The summed E-state index contributed by atoms with van der Waals surface area (Å²) < 4.78 is 8.39. The van der Waals surface area contributed by atoms with Crippen molar-refractivity contribution in [3.05, 3.63) is 42.9 Å². The number of isothiocyanates is 1. The molecule has 0 saturated heterocycles. The lowest BCUT2D eigenvalue weighted by atomic mass is 10.5. The maximum absolute atomic E-state index is 7.13. The van der Waals surface area contributed by atoms with Crippen LogP contribution in [0.15, 0.2) is 37.4 Å². The van der Waals surface area contributed by atoms with E-state index in [1.54, 1.807) is 0 Å². The first-order valence-electron chi connectivity index (χ1n) is 6.60. The number of hydrogen-bond donors (Lipinski definition) is 0. The van der Waals surface area contributed by atoms with E-state index in [0.717, 1.165) is 13.1 Å². The van der Waals surface area contributed by atoms with Crippen molar-refractivity contribution in [2.45, 2.75) is 33.4 Å². The maximum atomic E-state index is 7.13. The van der Waals surface area contributed by atoms with Crippen LogP contribution in [-0.2, 0) is 27.2 Å². The van der Waals surface area contributed by atoms with Gasteiger partial charge in [-0.2, -0.15) is 5.16 Å².